The van der Waals surface area contributed by atoms with E-state index in [1.165, 1.54) is 0 Å². The summed E-state index contributed by atoms with van der Waals surface area (Å²) in [4.78, 5) is 53.7. The molecular formula is C16H26O11. The lowest BCUT2D eigenvalue weighted by Gasteiger charge is -2.23. The molecular weight excluding hydrogens is 368 g/mol. The summed E-state index contributed by atoms with van der Waals surface area (Å²) >= 11 is 0. The standard InChI is InChI=1S/C12H20O7.C4H6O4/c1-4-17-9(13)7-12(16,11(15)19-6-3)8-10(14)18-5-2;5-3(6)1-2-4(7)8/h16H,4-8H2,1-3H3;1-2H2,(H,5,6)(H,7,8). The van der Waals surface area contributed by atoms with Crippen molar-refractivity contribution in [1.82, 2.24) is 0 Å². The minimum atomic E-state index is -2.26. The third-order valence-electron chi connectivity index (χ3n) is 2.69. The summed E-state index contributed by atoms with van der Waals surface area (Å²) in [6.45, 7) is 4.97. The van der Waals surface area contributed by atoms with Gasteiger partial charge in [-0.3, -0.25) is 19.2 Å². The van der Waals surface area contributed by atoms with Crippen molar-refractivity contribution in [3.8, 4) is 0 Å². The van der Waals surface area contributed by atoms with E-state index in [2.05, 4.69) is 14.2 Å². The second kappa shape index (κ2) is 14.5. The van der Waals surface area contributed by atoms with E-state index < -0.39 is 48.3 Å². The Labute approximate surface area is 156 Å². The highest BCUT2D eigenvalue weighted by atomic mass is 16.6. The van der Waals surface area contributed by atoms with Crippen LogP contribution in [0.2, 0.25) is 0 Å². The zero-order chi connectivity index (χ0) is 21.5. The van der Waals surface area contributed by atoms with Gasteiger partial charge in [0.05, 0.1) is 45.5 Å². The van der Waals surface area contributed by atoms with Gasteiger partial charge in [-0.15, -0.1) is 0 Å². The lowest BCUT2D eigenvalue weighted by Crippen LogP contribution is -2.44. The van der Waals surface area contributed by atoms with Gasteiger partial charge in [-0.05, 0) is 20.8 Å². The van der Waals surface area contributed by atoms with Crippen molar-refractivity contribution in [2.75, 3.05) is 19.8 Å². The van der Waals surface area contributed by atoms with Gasteiger partial charge in [0.2, 0.25) is 0 Å². The Hall–Kier alpha value is -2.69. The number of hydrogen-bond donors (Lipinski definition) is 3. The molecule has 0 radical (unpaired) electrons. The van der Waals surface area contributed by atoms with E-state index in [4.69, 9.17) is 10.2 Å². The summed E-state index contributed by atoms with van der Waals surface area (Å²) < 4.78 is 14.0. The maximum atomic E-state index is 11.7. The Balaban J connectivity index is 0. The largest absolute Gasteiger partial charge is 0.481 e. The molecule has 0 aliphatic carbocycles. The van der Waals surface area contributed by atoms with Gasteiger partial charge in [0.15, 0.2) is 5.60 Å². The van der Waals surface area contributed by atoms with E-state index in [1.54, 1.807) is 20.8 Å². The van der Waals surface area contributed by atoms with Crippen molar-refractivity contribution in [2.45, 2.75) is 52.1 Å². The van der Waals surface area contributed by atoms with E-state index in [9.17, 15) is 29.1 Å². The molecule has 0 aromatic rings. The van der Waals surface area contributed by atoms with Crippen LogP contribution in [0.15, 0.2) is 0 Å². The minimum Gasteiger partial charge on any atom is -0.481 e. The minimum absolute atomic E-state index is 0.0206. The van der Waals surface area contributed by atoms with Crippen LogP contribution >= 0.6 is 0 Å². The number of hydrogen-bond acceptors (Lipinski definition) is 9. The summed E-state index contributed by atoms with van der Waals surface area (Å²) in [7, 11) is 0. The first kappa shape index (κ1) is 26.5. The number of esters is 3. The first-order chi connectivity index (χ1) is 12.5. The predicted molar refractivity (Wildman–Crippen MR) is 88.6 cm³/mol. The highest BCUT2D eigenvalue weighted by Crippen LogP contribution is 2.19. The molecule has 0 aromatic carbocycles. The maximum Gasteiger partial charge on any atom is 0.339 e. The average Bonchev–Trinajstić information content (AvgIpc) is 2.53. The molecule has 0 bridgehead atoms. The molecule has 3 N–H and O–H groups in total. The summed E-state index contributed by atoms with van der Waals surface area (Å²) in [5, 5.41) is 25.9. The third-order valence-corrected chi connectivity index (χ3v) is 2.69. The van der Waals surface area contributed by atoms with Crippen LogP contribution in [0.25, 0.3) is 0 Å². The lowest BCUT2D eigenvalue weighted by molar-refractivity contribution is -0.177. The van der Waals surface area contributed by atoms with E-state index in [-0.39, 0.29) is 32.7 Å². The van der Waals surface area contributed by atoms with Crippen LogP contribution in [0, 0.1) is 0 Å². The molecule has 0 saturated carbocycles. The summed E-state index contributed by atoms with van der Waals surface area (Å²) in [6, 6.07) is 0. The quantitative estimate of drug-likeness (QED) is 0.321. The van der Waals surface area contributed by atoms with E-state index in [0.29, 0.717) is 0 Å². The number of ether oxygens (including phenoxy) is 3. The van der Waals surface area contributed by atoms with Crippen LogP contribution in [-0.4, -0.2) is 70.6 Å². The average molecular weight is 394 g/mol. The molecule has 0 aliphatic heterocycles. The van der Waals surface area contributed by atoms with E-state index in [1.807, 2.05) is 0 Å². The third kappa shape index (κ3) is 14.2. The fourth-order valence-electron chi connectivity index (χ4n) is 1.59. The number of aliphatic hydroxyl groups is 1. The Bertz CT molecular complexity index is 478. The first-order valence-corrected chi connectivity index (χ1v) is 8.16. The Kier molecular flexibility index (Phi) is 14.2. The Morgan fingerprint density at radius 1 is 0.704 bits per heavy atom. The summed E-state index contributed by atoms with van der Waals surface area (Å²) in [6.07, 6.45) is -1.90. The van der Waals surface area contributed by atoms with Crippen molar-refractivity contribution in [1.29, 1.82) is 0 Å². The lowest BCUT2D eigenvalue weighted by atomic mass is 9.95. The molecule has 0 heterocycles. The zero-order valence-electron chi connectivity index (χ0n) is 15.6. The molecule has 0 aromatic heterocycles. The second-order valence-electron chi connectivity index (χ2n) is 5.00. The number of carboxylic acid groups (broad SMARTS) is 2. The van der Waals surface area contributed by atoms with Gasteiger partial charge in [0.1, 0.15) is 0 Å². The van der Waals surface area contributed by atoms with E-state index >= 15 is 0 Å². The van der Waals surface area contributed by atoms with Gasteiger partial charge < -0.3 is 29.5 Å². The van der Waals surface area contributed by atoms with E-state index in [0.717, 1.165) is 0 Å². The number of aliphatic carboxylic acids is 2. The van der Waals surface area contributed by atoms with Gasteiger partial charge in [-0.25, -0.2) is 4.79 Å². The molecule has 0 atom stereocenters. The number of carboxylic acids is 2. The van der Waals surface area contributed by atoms with Crippen LogP contribution < -0.4 is 0 Å². The Morgan fingerprint density at radius 2 is 1.04 bits per heavy atom. The fourth-order valence-corrected chi connectivity index (χ4v) is 1.59. The zero-order valence-corrected chi connectivity index (χ0v) is 15.6. The molecule has 156 valence electrons. The van der Waals surface area contributed by atoms with Gasteiger partial charge in [0, 0.05) is 0 Å². The highest BCUT2D eigenvalue weighted by molar-refractivity contribution is 5.90. The van der Waals surface area contributed by atoms with Crippen LogP contribution in [0.4, 0.5) is 0 Å². The number of rotatable bonds is 11. The molecule has 0 amide bonds. The van der Waals surface area contributed by atoms with Crippen molar-refractivity contribution in [3.63, 3.8) is 0 Å². The van der Waals surface area contributed by atoms with Crippen LogP contribution in [0.3, 0.4) is 0 Å². The molecule has 0 spiro atoms. The van der Waals surface area contributed by atoms with Gasteiger partial charge >= 0.3 is 29.8 Å². The number of carbonyl (C=O) groups excluding carboxylic acids is 3. The molecule has 0 rings (SSSR count). The van der Waals surface area contributed by atoms with Crippen molar-refractivity contribution in [2.24, 2.45) is 0 Å². The van der Waals surface area contributed by atoms with Crippen LogP contribution in [0.5, 0.6) is 0 Å². The van der Waals surface area contributed by atoms with Gasteiger partial charge in [-0.1, -0.05) is 0 Å². The molecule has 0 unspecified atom stereocenters. The van der Waals surface area contributed by atoms with Crippen molar-refractivity contribution in [3.05, 3.63) is 0 Å². The summed E-state index contributed by atoms with van der Waals surface area (Å²) in [5.74, 6) is -4.78. The normalized spacial score (nSPS) is 10.1. The predicted octanol–water partition coefficient (Wildman–Crippen LogP) is 0.123. The van der Waals surface area contributed by atoms with Gasteiger partial charge in [0.25, 0.3) is 0 Å². The summed E-state index contributed by atoms with van der Waals surface area (Å²) in [5.41, 5.74) is -2.26. The van der Waals surface area contributed by atoms with Crippen molar-refractivity contribution >= 4 is 29.8 Å². The SMILES string of the molecule is CCOC(=O)CC(O)(CC(=O)OCC)C(=O)OCC.O=C(O)CCC(=O)O. The van der Waals surface area contributed by atoms with Crippen molar-refractivity contribution < 1.29 is 53.5 Å². The number of carbonyl (C=O) groups is 5. The molecule has 27 heavy (non-hydrogen) atoms. The van der Waals surface area contributed by atoms with Crippen LogP contribution in [-0.2, 0) is 38.2 Å². The molecule has 0 saturated heterocycles. The first-order valence-electron chi connectivity index (χ1n) is 8.16. The maximum absolute atomic E-state index is 11.7. The molecule has 0 fully saturated rings. The highest BCUT2D eigenvalue weighted by Gasteiger charge is 2.43. The van der Waals surface area contributed by atoms with Gasteiger partial charge in [-0.2, -0.15) is 0 Å². The topological polar surface area (TPSA) is 174 Å². The van der Waals surface area contributed by atoms with Crippen LogP contribution in [0.1, 0.15) is 46.5 Å². The molecule has 11 nitrogen and oxygen atoms in total. The molecule has 0 aliphatic rings. The second-order valence-corrected chi connectivity index (χ2v) is 5.00. The fraction of sp³-hybridized carbons (Fsp3) is 0.688. The molecule has 11 heteroatoms. The smallest absolute Gasteiger partial charge is 0.339 e. The Morgan fingerprint density at radius 3 is 1.30 bits per heavy atom. The monoisotopic (exact) mass is 394 g/mol.